The highest BCUT2D eigenvalue weighted by Crippen LogP contribution is 2.19. The molecule has 2 rings (SSSR count). The van der Waals surface area contributed by atoms with Crippen molar-refractivity contribution in [3.8, 4) is 5.75 Å². The van der Waals surface area contributed by atoms with Crippen molar-refractivity contribution in [2.24, 2.45) is 5.73 Å². The molecule has 1 aromatic carbocycles. The van der Waals surface area contributed by atoms with E-state index in [1.165, 1.54) is 31.4 Å². The minimum absolute atomic E-state index is 0.230. The van der Waals surface area contributed by atoms with Gasteiger partial charge in [-0.25, -0.2) is 4.39 Å². The van der Waals surface area contributed by atoms with Crippen molar-refractivity contribution in [1.29, 1.82) is 0 Å². The fourth-order valence-electron chi connectivity index (χ4n) is 2.69. The molecule has 3 nitrogen and oxygen atoms in total. The largest absolute Gasteiger partial charge is 0.492 e. The lowest BCUT2D eigenvalue weighted by molar-refractivity contribution is 0.118. The zero-order chi connectivity index (χ0) is 13.5. The van der Waals surface area contributed by atoms with E-state index >= 15 is 0 Å². The number of nitrogens with zero attached hydrogens (tertiary/aromatic N) is 1. The number of hydrogen-bond donors (Lipinski definition) is 1. The average Bonchev–Trinajstić information content (AvgIpc) is 2.43. The Morgan fingerprint density at radius 1 is 1.26 bits per heavy atom. The van der Waals surface area contributed by atoms with Gasteiger partial charge in [0.05, 0.1) is 0 Å². The summed E-state index contributed by atoms with van der Waals surface area (Å²) in [6, 6.07) is 6.79. The highest BCUT2D eigenvalue weighted by molar-refractivity contribution is 5.21. The fraction of sp³-hybridized carbons (Fsp3) is 0.600. The van der Waals surface area contributed by atoms with Crippen LogP contribution in [-0.4, -0.2) is 37.2 Å². The number of benzene rings is 1. The molecular weight excluding hydrogens is 243 g/mol. The van der Waals surface area contributed by atoms with Gasteiger partial charge in [0.1, 0.15) is 18.2 Å². The monoisotopic (exact) mass is 266 g/mol. The molecule has 1 unspecified atom stereocenters. The van der Waals surface area contributed by atoms with Gasteiger partial charge in [0, 0.05) is 12.6 Å². The van der Waals surface area contributed by atoms with Gasteiger partial charge in [-0.1, -0.05) is 6.42 Å². The summed E-state index contributed by atoms with van der Waals surface area (Å²) in [5.41, 5.74) is 5.66. The smallest absolute Gasteiger partial charge is 0.123 e. The third-order valence-electron chi connectivity index (χ3n) is 3.71. The van der Waals surface area contributed by atoms with Crippen LogP contribution >= 0.6 is 0 Å². The van der Waals surface area contributed by atoms with E-state index < -0.39 is 0 Å². The summed E-state index contributed by atoms with van der Waals surface area (Å²) in [6.07, 6.45) is 4.88. The lowest BCUT2D eigenvalue weighted by atomic mass is 9.99. The van der Waals surface area contributed by atoms with Crippen LogP contribution in [0.4, 0.5) is 4.39 Å². The van der Waals surface area contributed by atoms with Crippen LogP contribution in [-0.2, 0) is 0 Å². The molecule has 1 saturated heterocycles. The molecule has 0 amide bonds. The van der Waals surface area contributed by atoms with Gasteiger partial charge in [0.25, 0.3) is 0 Å². The minimum Gasteiger partial charge on any atom is -0.492 e. The summed E-state index contributed by atoms with van der Waals surface area (Å²) < 4.78 is 18.4. The summed E-state index contributed by atoms with van der Waals surface area (Å²) in [7, 11) is 0. The van der Waals surface area contributed by atoms with E-state index in [0.29, 0.717) is 12.6 Å². The van der Waals surface area contributed by atoms with Crippen LogP contribution in [0.5, 0.6) is 5.75 Å². The number of halogens is 1. The lowest BCUT2D eigenvalue weighted by Gasteiger charge is -2.35. The molecule has 0 saturated carbocycles. The normalized spacial score (nSPS) is 20.4. The van der Waals surface area contributed by atoms with Gasteiger partial charge in [-0.3, -0.25) is 4.90 Å². The Hall–Kier alpha value is -1.13. The Morgan fingerprint density at radius 3 is 2.79 bits per heavy atom. The molecule has 1 heterocycles. The zero-order valence-corrected chi connectivity index (χ0v) is 11.4. The zero-order valence-electron chi connectivity index (χ0n) is 11.4. The van der Waals surface area contributed by atoms with E-state index in [-0.39, 0.29) is 5.82 Å². The van der Waals surface area contributed by atoms with Gasteiger partial charge in [-0.05, 0) is 56.6 Å². The molecule has 106 valence electrons. The van der Waals surface area contributed by atoms with Crippen LogP contribution in [0, 0.1) is 5.82 Å². The summed E-state index contributed by atoms with van der Waals surface area (Å²) in [5.74, 6) is 0.500. The molecule has 0 spiro atoms. The Bertz CT molecular complexity index is 367. The molecule has 19 heavy (non-hydrogen) atoms. The van der Waals surface area contributed by atoms with Crippen molar-refractivity contribution in [2.75, 3.05) is 26.2 Å². The van der Waals surface area contributed by atoms with Gasteiger partial charge in [-0.2, -0.15) is 0 Å². The van der Waals surface area contributed by atoms with Crippen molar-refractivity contribution in [2.45, 2.75) is 31.7 Å². The second-order valence-electron chi connectivity index (χ2n) is 5.07. The summed E-state index contributed by atoms with van der Waals surface area (Å²) in [4.78, 5) is 2.47. The van der Waals surface area contributed by atoms with E-state index in [2.05, 4.69) is 4.90 Å². The molecule has 1 aromatic rings. The van der Waals surface area contributed by atoms with E-state index in [9.17, 15) is 4.39 Å². The van der Waals surface area contributed by atoms with Gasteiger partial charge in [0.15, 0.2) is 0 Å². The van der Waals surface area contributed by atoms with Gasteiger partial charge in [-0.15, -0.1) is 0 Å². The number of likely N-dealkylation sites (tertiary alicyclic amines) is 1. The van der Waals surface area contributed by atoms with Gasteiger partial charge < -0.3 is 10.5 Å². The third-order valence-corrected chi connectivity index (χ3v) is 3.71. The van der Waals surface area contributed by atoms with Crippen LogP contribution in [0.2, 0.25) is 0 Å². The highest BCUT2D eigenvalue weighted by Gasteiger charge is 2.21. The van der Waals surface area contributed by atoms with Crippen LogP contribution in [0.1, 0.15) is 25.7 Å². The minimum atomic E-state index is -0.230. The maximum atomic E-state index is 12.8. The van der Waals surface area contributed by atoms with E-state index in [4.69, 9.17) is 10.5 Å². The van der Waals surface area contributed by atoms with Crippen molar-refractivity contribution in [3.63, 3.8) is 0 Å². The van der Waals surface area contributed by atoms with Gasteiger partial charge >= 0.3 is 0 Å². The number of hydrogen-bond acceptors (Lipinski definition) is 3. The Labute approximate surface area is 114 Å². The first-order valence-electron chi connectivity index (χ1n) is 7.12. The molecule has 0 radical (unpaired) electrons. The van der Waals surface area contributed by atoms with E-state index in [1.54, 1.807) is 12.1 Å². The first-order valence-corrected chi connectivity index (χ1v) is 7.12. The molecule has 0 aliphatic carbocycles. The second-order valence-corrected chi connectivity index (χ2v) is 5.07. The van der Waals surface area contributed by atoms with E-state index in [0.717, 1.165) is 31.8 Å². The number of nitrogens with two attached hydrogens (primary N) is 1. The van der Waals surface area contributed by atoms with Crippen molar-refractivity contribution in [1.82, 2.24) is 4.90 Å². The molecule has 4 heteroatoms. The summed E-state index contributed by atoms with van der Waals surface area (Å²) in [6.45, 7) is 3.45. The molecule has 2 N–H and O–H groups in total. The summed E-state index contributed by atoms with van der Waals surface area (Å²) >= 11 is 0. The van der Waals surface area contributed by atoms with Crippen molar-refractivity contribution in [3.05, 3.63) is 30.1 Å². The van der Waals surface area contributed by atoms with E-state index in [1.807, 2.05) is 0 Å². The third kappa shape index (κ3) is 4.48. The van der Waals surface area contributed by atoms with Crippen molar-refractivity contribution < 1.29 is 9.13 Å². The number of ether oxygens (including phenoxy) is 1. The van der Waals surface area contributed by atoms with Crippen molar-refractivity contribution >= 4 is 0 Å². The number of rotatable bonds is 6. The molecule has 1 fully saturated rings. The van der Waals surface area contributed by atoms with Crippen LogP contribution in [0.25, 0.3) is 0 Å². The summed E-state index contributed by atoms with van der Waals surface area (Å²) in [5, 5.41) is 0. The molecular formula is C15H23FN2O. The Morgan fingerprint density at radius 2 is 2.05 bits per heavy atom. The fourth-order valence-corrected chi connectivity index (χ4v) is 2.69. The molecule has 1 atom stereocenters. The lowest BCUT2D eigenvalue weighted by Crippen LogP contribution is -2.42. The standard InChI is InChI=1S/C15H23FN2O/c16-13-4-6-15(7-5-13)19-12-11-18-10-2-1-3-14(18)8-9-17/h4-7,14H,1-3,8-12,17H2. The molecule has 0 aromatic heterocycles. The van der Waals surface area contributed by atoms with Gasteiger partial charge in [0.2, 0.25) is 0 Å². The Balaban J connectivity index is 1.75. The predicted molar refractivity (Wildman–Crippen MR) is 74.8 cm³/mol. The average molecular weight is 266 g/mol. The number of piperidine rings is 1. The van der Waals surface area contributed by atoms with Crippen LogP contribution < -0.4 is 10.5 Å². The van der Waals surface area contributed by atoms with Crippen LogP contribution in [0.15, 0.2) is 24.3 Å². The first kappa shape index (κ1) is 14.3. The maximum Gasteiger partial charge on any atom is 0.123 e. The molecule has 1 aliphatic rings. The highest BCUT2D eigenvalue weighted by atomic mass is 19.1. The maximum absolute atomic E-state index is 12.8. The Kier molecular flexibility index (Phi) is 5.61. The predicted octanol–water partition coefficient (Wildman–Crippen LogP) is 2.41. The van der Waals surface area contributed by atoms with Crippen LogP contribution in [0.3, 0.4) is 0 Å². The SMILES string of the molecule is NCCC1CCCCN1CCOc1ccc(F)cc1. The first-order chi connectivity index (χ1) is 9.29. The quantitative estimate of drug-likeness (QED) is 0.859. The molecule has 1 aliphatic heterocycles. The topological polar surface area (TPSA) is 38.5 Å². The second kappa shape index (κ2) is 7.46. The molecule has 0 bridgehead atoms.